The Morgan fingerprint density at radius 2 is 1.73 bits per heavy atom. The van der Waals surface area contributed by atoms with Crippen LogP contribution in [0.2, 0.25) is 0 Å². The molecule has 2 aromatic carbocycles. The minimum Gasteiger partial charge on any atom is -0.493 e. The summed E-state index contributed by atoms with van der Waals surface area (Å²) in [7, 11) is 0. The Kier molecular flexibility index (Phi) is 8.56. The molecule has 2 saturated heterocycles. The third kappa shape index (κ3) is 5.86. The second-order valence-corrected chi connectivity index (χ2v) is 13.1. The SMILES string of the molecule is Cc1c(OCCCN2CCC3(CCNCC3)C2)cccc1-c1cccc(-c2nc3c(s2)CN(CCO)CC3)c1C. The molecule has 4 heterocycles. The summed E-state index contributed by atoms with van der Waals surface area (Å²) < 4.78 is 6.37. The minimum atomic E-state index is 0.210. The van der Waals surface area contributed by atoms with Gasteiger partial charge in [-0.05, 0) is 92.9 Å². The summed E-state index contributed by atoms with van der Waals surface area (Å²) in [5, 5.41) is 14.0. The summed E-state index contributed by atoms with van der Waals surface area (Å²) >= 11 is 1.81. The molecule has 2 fully saturated rings. The highest BCUT2D eigenvalue weighted by molar-refractivity contribution is 7.15. The molecule has 3 aliphatic rings. The summed E-state index contributed by atoms with van der Waals surface area (Å²) in [6.07, 6.45) is 6.05. The van der Waals surface area contributed by atoms with Crippen LogP contribution in [0.4, 0.5) is 0 Å². The number of nitrogens with zero attached hydrogens (tertiary/aromatic N) is 3. The van der Waals surface area contributed by atoms with Gasteiger partial charge in [-0.3, -0.25) is 4.90 Å². The van der Waals surface area contributed by atoms with Gasteiger partial charge >= 0.3 is 0 Å². The van der Waals surface area contributed by atoms with Crippen LogP contribution in [0, 0.1) is 19.3 Å². The first-order valence-electron chi connectivity index (χ1n) is 15.1. The summed E-state index contributed by atoms with van der Waals surface area (Å²) in [5.41, 5.74) is 7.97. The van der Waals surface area contributed by atoms with E-state index in [0.29, 0.717) is 5.41 Å². The number of hydrogen-bond donors (Lipinski definition) is 2. The Morgan fingerprint density at radius 1 is 0.950 bits per heavy atom. The van der Waals surface area contributed by atoms with E-state index in [1.807, 2.05) is 11.3 Å². The van der Waals surface area contributed by atoms with Gasteiger partial charge in [0.15, 0.2) is 0 Å². The molecule has 0 saturated carbocycles. The van der Waals surface area contributed by atoms with Crippen LogP contribution < -0.4 is 10.1 Å². The molecule has 1 aromatic heterocycles. The molecule has 0 atom stereocenters. The first-order chi connectivity index (χ1) is 19.5. The number of benzene rings is 2. The standard InChI is InChI=1S/C33H44N4O2S/c1-24-26(6-3-8-28(24)32-35-29-10-17-36(19-20-38)22-31(29)40-32)27-7-4-9-30(25(27)2)39-21-5-16-37-18-13-33(23-37)11-14-34-15-12-33/h3-4,6-9,34,38H,5,10-23H2,1-2H3. The number of rotatable bonds is 9. The van der Waals surface area contributed by atoms with Crippen LogP contribution in [-0.4, -0.2) is 78.9 Å². The summed E-state index contributed by atoms with van der Waals surface area (Å²) in [6.45, 7) is 14.0. The van der Waals surface area contributed by atoms with Crippen molar-refractivity contribution in [2.75, 3.05) is 59.0 Å². The first kappa shape index (κ1) is 27.9. The Balaban J connectivity index is 1.11. The number of nitrogens with one attached hydrogen (secondary N) is 1. The summed E-state index contributed by atoms with van der Waals surface area (Å²) in [5.74, 6) is 0.993. The molecule has 3 aromatic rings. The lowest BCUT2D eigenvalue weighted by atomic mass is 9.78. The Bertz CT molecular complexity index is 1320. The van der Waals surface area contributed by atoms with Crippen molar-refractivity contribution in [2.45, 2.75) is 52.5 Å². The number of aromatic nitrogens is 1. The zero-order valence-corrected chi connectivity index (χ0v) is 25.0. The molecule has 7 heteroatoms. The molecule has 6 nitrogen and oxygen atoms in total. The predicted molar refractivity (Wildman–Crippen MR) is 164 cm³/mol. The average molecular weight is 561 g/mol. The van der Waals surface area contributed by atoms with E-state index in [9.17, 15) is 5.11 Å². The molecule has 3 aliphatic heterocycles. The number of β-amino-alcohol motifs (C(OH)–C–C–N with tert-alkyl or cyclic N) is 1. The van der Waals surface area contributed by atoms with Gasteiger partial charge in [0, 0.05) is 49.6 Å². The van der Waals surface area contributed by atoms with Crippen LogP contribution in [0.15, 0.2) is 36.4 Å². The van der Waals surface area contributed by atoms with Gasteiger partial charge in [0.2, 0.25) is 0 Å². The van der Waals surface area contributed by atoms with E-state index in [1.54, 1.807) is 0 Å². The van der Waals surface area contributed by atoms with Crippen molar-refractivity contribution in [1.29, 1.82) is 0 Å². The van der Waals surface area contributed by atoms with Crippen molar-refractivity contribution in [1.82, 2.24) is 20.1 Å². The Hall–Kier alpha value is -2.29. The van der Waals surface area contributed by atoms with E-state index in [4.69, 9.17) is 9.72 Å². The van der Waals surface area contributed by atoms with Gasteiger partial charge in [-0.15, -0.1) is 11.3 Å². The Labute approximate surface area is 243 Å². The summed E-state index contributed by atoms with van der Waals surface area (Å²) in [6, 6.07) is 13.1. The second kappa shape index (κ2) is 12.3. The minimum absolute atomic E-state index is 0.210. The molecule has 0 unspecified atom stereocenters. The molecule has 0 amide bonds. The van der Waals surface area contributed by atoms with Gasteiger partial charge in [-0.1, -0.05) is 30.3 Å². The van der Waals surface area contributed by atoms with Crippen molar-refractivity contribution in [3.63, 3.8) is 0 Å². The number of hydrogen-bond acceptors (Lipinski definition) is 7. The smallest absolute Gasteiger partial charge is 0.124 e. The van der Waals surface area contributed by atoms with Gasteiger partial charge in [0.1, 0.15) is 10.8 Å². The van der Waals surface area contributed by atoms with Crippen molar-refractivity contribution < 1.29 is 9.84 Å². The van der Waals surface area contributed by atoms with E-state index in [-0.39, 0.29) is 6.61 Å². The number of likely N-dealkylation sites (tertiary alicyclic amines) is 1. The molecule has 1 spiro atoms. The van der Waals surface area contributed by atoms with E-state index in [2.05, 4.69) is 65.4 Å². The maximum Gasteiger partial charge on any atom is 0.124 e. The molecule has 0 radical (unpaired) electrons. The van der Waals surface area contributed by atoms with Crippen LogP contribution in [0.25, 0.3) is 21.7 Å². The van der Waals surface area contributed by atoms with E-state index >= 15 is 0 Å². The van der Waals surface area contributed by atoms with Gasteiger partial charge in [-0.25, -0.2) is 4.98 Å². The largest absolute Gasteiger partial charge is 0.493 e. The zero-order valence-electron chi connectivity index (χ0n) is 24.2. The molecule has 0 aliphatic carbocycles. The maximum atomic E-state index is 9.35. The number of piperidine rings is 1. The maximum absolute atomic E-state index is 9.35. The van der Waals surface area contributed by atoms with Crippen molar-refractivity contribution >= 4 is 11.3 Å². The van der Waals surface area contributed by atoms with Gasteiger partial charge < -0.3 is 20.1 Å². The second-order valence-electron chi connectivity index (χ2n) is 12.0. The fraction of sp³-hybridized carbons (Fsp3) is 0.545. The lowest BCUT2D eigenvalue weighted by Gasteiger charge is -2.33. The van der Waals surface area contributed by atoms with Crippen LogP contribution in [0.5, 0.6) is 5.75 Å². The molecule has 6 rings (SSSR count). The fourth-order valence-electron chi connectivity index (χ4n) is 6.97. The van der Waals surface area contributed by atoms with Crippen molar-refractivity contribution in [3.05, 3.63) is 58.1 Å². The van der Waals surface area contributed by atoms with Gasteiger partial charge in [0.05, 0.1) is 18.9 Å². The third-order valence-electron chi connectivity index (χ3n) is 9.42. The third-order valence-corrected chi connectivity index (χ3v) is 10.5. The quantitative estimate of drug-likeness (QED) is 0.347. The van der Waals surface area contributed by atoms with Gasteiger partial charge in [-0.2, -0.15) is 0 Å². The molecule has 0 bridgehead atoms. The molecular weight excluding hydrogens is 516 g/mol. The first-order valence-corrected chi connectivity index (χ1v) is 15.9. The number of fused-ring (bicyclic) bond motifs is 1. The Morgan fingerprint density at radius 3 is 2.55 bits per heavy atom. The van der Waals surface area contributed by atoms with Crippen LogP contribution in [-0.2, 0) is 13.0 Å². The lowest BCUT2D eigenvalue weighted by molar-refractivity contribution is 0.185. The van der Waals surface area contributed by atoms with Crippen molar-refractivity contribution in [2.24, 2.45) is 5.41 Å². The van der Waals surface area contributed by atoms with E-state index in [1.165, 1.54) is 83.8 Å². The molecule has 2 N–H and O–H groups in total. The number of aliphatic hydroxyl groups excluding tert-OH is 1. The highest BCUT2D eigenvalue weighted by Crippen LogP contribution is 2.40. The monoisotopic (exact) mass is 560 g/mol. The van der Waals surface area contributed by atoms with Crippen molar-refractivity contribution in [3.8, 4) is 27.4 Å². The average Bonchev–Trinajstić information content (AvgIpc) is 3.56. The molecule has 214 valence electrons. The van der Waals surface area contributed by atoms with Crippen LogP contribution in [0.1, 0.15) is 47.4 Å². The number of thiazole rings is 1. The van der Waals surface area contributed by atoms with Crippen LogP contribution in [0.3, 0.4) is 0 Å². The van der Waals surface area contributed by atoms with Crippen LogP contribution >= 0.6 is 11.3 Å². The normalized spacial score (nSPS) is 19.3. The highest BCUT2D eigenvalue weighted by Gasteiger charge is 2.38. The highest BCUT2D eigenvalue weighted by atomic mass is 32.1. The number of ether oxygens (including phenoxy) is 1. The zero-order chi connectivity index (χ0) is 27.5. The molecular formula is C33H44N4O2S. The van der Waals surface area contributed by atoms with E-state index < -0.39 is 0 Å². The van der Waals surface area contributed by atoms with E-state index in [0.717, 1.165) is 56.4 Å². The predicted octanol–water partition coefficient (Wildman–Crippen LogP) is 5.29. The number of aliphatic hydroxyl groups is 1. The summed E-state index contributed by atoms with van der Waals surface area (Å²) in [4.78, 5) is 11.4. The lowest BCUT2D eigenvalue weighted by Crippen LogP contribution is -2.38. The van der Waals surface area contributed by atoms with Gasteiger partial charge in [0.25, 0.3) is 0 Å². The fourth-order valence-corrected chi connectivity index (χ4v) is 8.20. The topological polar surface area (TPSA) is 60.9 Å². The molecule has 40 heavy (non-hydrogen) atoms.